The molecule has 2 aromatic heterocycles. The number of aromatic nitrogens is 3. The summed E-state index contributed by atoms with van der Waals surface area (Å²) in [6.07, 6.45) is 0.0206. The van der Waals surface area contributed by atoms with Crippen LogP contribution in [-0.4, -0.2) is 19.9 Å². The molecule has 0 aliphatic carbocycles. The second kappa shape index (κ2) is 4.12. The van der Waals surface area contributed by atoms with Crippen molar-refractivity contribution >= 4 is 11.3 Å². The molecule has 5 heteroatoms. The van der Waals surface area contributed by atoms with E-state index in [1.165, 1.54) is 11.3 Å². The van der Waals surface area contributed by atoms with Crippen molar-refractivity contribution in [2.45, 2.75) is 19.4 Å². The Labute approximate surface area is 92.2 Å². The van der Waals surface area contributed by atoms with Crippen LogP contribution in [-0.2, 0) is 13.5 Å². The third-order valence-electron chi connectivity index (χ3n) is 2.29. The molecule has 0 radical (unpaired) electrons. The van der Waals surface area contributed by atoms with E-state index in [2.05, 4.69) is 10.1 Å². The van der Waals surface area contributed by atoms with Crippen molar-refractivity contribution in [1.82, 2.24) is 14.8 Å². The zero-order valence-corrected chi connectivity index (χ0v) is 9.53. The minimum absolute atomic E-state index is 0.536. The van der Waals surface area contributed by atoms with Gasteiger partial charge in [-0.3, -0.25) is 4.68 Å². The van der Waals surface area contributed by atoms with Crippen LogP contribution in [0.1, 0.15) is 23.2 Å². The summed E-state index contributed by atoms with van der Waals surface area (Å²) < 4.78 is 1.80. The molecule has 2 heterocycles. The Morgan fingerprint density at radius 3 is 2.93 bits per heavy atom. The maximum atomic E-state index is 9.90. The van der Waals surface area contributed by atoms with Gasteiger partial charge in [-0.25, -0.2) is 4.98 Å². The molecule has 0 saturated heterocycles. The van der Waals surface area contributed by atoms with E-state index >= 15 is 0 Å². The number of thiazole rings is 1. The lowest BCUT2D eigenvalue weighted by molar-refractivity contribution is 0.171. The van der Waals surface area contributed by atoms with Crippen molar-refractivity contribution in [2.24, 2.45) is 7.05 Å². The molecule has 0 aliphatic rings. The Hall–Kier alpha value is -1.20. The number of rotatable bonds is 3. The Morgan fingerprint density at radius 2 is 2.40 bits per heavy atom. The molecule has 0 aliphatic heterocycles. The van der Waals surface area contributed by atoms with E-state index in [1.807, 2.05) is 25.4 Å². The largest absolute Gasteiger partial charge is 0.386 e. The molecule has 15 heavy (non-hydrogen) atoms. The van der Waals surface area contributed by atoms with Crippen LogP contribution in [0.15, 0.2) is 17.0 Å². The minimum atomic E-state index is -0.536. The SMILES string of the molecule is Cc1cc(CC(O)c2cscn2)n(C)n1. The number of aryl methyl sites for hydroxylation is 2. The summed E-state index contributed by atoms with van der Waals surface area (Å²) in [6.45, 7) is 1.94. The minimum Gasteiger partial charge on any atom is -0.386 e. The summed E-state index contributed by atoms with van der Waals surface area (Å²) in [6, 6.07) is 1.98. The zero-order valence-electron chi connectivity index (χ0n) is 8.71. The van der Waals surface area contributed by atoms with E-state index in [0.717, 1.165) is 17.1 Å². The van der Waals surface area contributed by atoms with E-state index < -0.39 is 6.10 Å². The second-order valence-electron chi connectivity index (χ2n) is 3.53. The lowest BCUT2D eigenvalue weighted by Crippen LogP contribution is -2.06. The van der Waals surface area contributed by atoms with Crippen LogP contribution in [0.2, 0.25) is 0 Å². The fourth-order valence-electron chi connectivity index (χ4n) is 1.54. The number of nitrogens with zero attached hydrogens (tertiary/aromatic N) is 3. The number of hydrogen-bond donors (Lipinski definition) is 1. The van der Waals surface area contributed by atoms with Crippen LogP contribution in [0.4, 0.5) is 0 Å². The van der Waals surface area contributed by atoms with Crippen molar-refractivity contribution in [3.8, 4) is 0 Å². The Balaban J connectivity index is 2.12. The van der Waals surface area contributed by atoms with Gasteiger partial charge in [-0.15, -0.1) is 11.3 Å². The first-order chi connectivity index (χ1) is 7.16. The predicted octanol–water partition coefficient (Wildman–Crippen LogP) is 1.46. The molecule has 2 rings (SSSR count). The summed E-state index contributed by atoms with van der Waals surface area (Å²) in [5.74, 6) is 0. The maximum absolute atomic E-state index is 9.90. The fourth-order valence-corrected chi connectivity index (χ4v) is 2.15. The first kappa shape index (κ1) is 10.3. The third kappa shape index (κ3) is 2.24. The fraction of sp³-hybridized carbons (Fsp3) is 0.400. The summed E-state index contributed by atoms with van der Waals surface area (Å²) >= 11 is 1.49. The second-order valence-corrected chi connectivity index (χ2v) is 4.25. The molecule has 80 valence electrons. The van der Waals surface area contributed by atoms with Crippen molar-refractivity contribution in [3.05, 3.63) is 34.0 Å². The van der Waals surface area contributed by atoms with Gasteiger partial charge in [0, 0.05) is 24.5 Å². The number of hydrogen-bond acceptors (Lipinski definition) is 4. The topological polar surface area (TPSA) is 50.9 Å². The van der Waals surface area contributed by atoms with Crippen LogP contribution in [0, 0.1) is 6.92 Å². The van der Waals surface area contributed by atoms with E-state index in [0.29, 0.717) is 6.42 Å². The average Bonchev–Trinajstić information content (AvgIpc) is 2.76. The molecule has 0 aromatic carbocycles. The molecule has 1 N–H and O–H groups in total. The first-order valence-corrected chi connectivity index (χ1v) is 5.67. The highest BCUT2D eigenvalue weighted by molar-refractivity contribution is 7.07. The van der Waals surface area contributed by atoms with Gasteiger partial charge < -0.3 is 5.11 Å². The number of aliphatic hydroxyl groups is 1. The molecule has 0 spiro atoms. The Kier molecular flexibility index (Phi) is 2.83. The Bertz CT molecular complexity index is 435. The first-order valence-electron chi connectivity index (χ1n) is 4.72. The van der Waals surface area contributed by atoms with Crippen molar-refractivity contribution in [3.63, 3.8) is 0 Å². The lowest BCUT2D eigenvalue weighted by Gasteiger charge is -2.07. The molecular formula is C10H13N3OS. The predicted molar refractivity (Wildman–Crippen MR) is 58.7 cm³/mol. The molecule has 0 saturated carbocycles. The highest BCUT2D eigenvalue weighted by atomic mass is 32.1. The van der Waals surface area contributed by atoms with Gasteiger partial charge in [0.2, 0.25) is 0 Å². The van der Waals surface area contributed by atoms with Gasteiger partial charge in [0.1, 0.15) is 6.10 Å². The van der Waals surface area contributed by atoms with E-state index in [4.69, 9.17) is 0 Å². The average molecular weight is 223 g/mol. The highest BCUT2D eigenvalue weighted by Crippen LogP contribution is 2.18. The highest BCUT2D eigenvalue weighted by Gasteiger charge is 2.13. The normalized spacial score (nSPS) is 13.0. The lowest BCUT2D eigenvalue weighted by atomic mass is 10.1. The summed E-state index contributed by atoms with van der Waals surface area (Å²) in [5, 5.41) is 16.0. The molecule has 1 atom stereocenters. The molecule has 0 fully saturated rings. The van der Waals surface area contributed by atoms with Crippen molar-refractivity contribution < 1.29 is 5.11 Å². The third-order valence-corrected chi connectivity index (χ3v) is 2.90. The van der Waals surface area contributed by atoms with Crippen molar-refractivity contribution in [2.75, 3.05) is 0 Å². The molecular weight excluding hydrogens is 210 g/mol. The molecule has 0 bridgehead atoms. The van der Waals surface area contributed by atoms with Crippen LogP contribution < -0.4 is 0 Å². The van der Waals surface area contributed by atoms with Gasteiger partial charge in [0.15, 0.2) is 0 Å². The van der Waals surface area contributed by atoms with Crippen molar-refractivity contribution in [1.29, 1.82) is 0 Å². The maximum Gasteiger partial charge on any atom is 0.102 e. The summed E-state index contributed by atoms with van der Waals surface area (Å²) in [5.41, 5.74) is 4.46. The monoisotopic (exact) mass is 223 g/mol. The van der Waals surface area contributed by atoms with Crippen LogP contribution >= 0.6 is 11.3 Å². The van der Waals surface area contributed by atoms with E-state index in [9.17, 15) is 5.11 Å². The number of aliphatic hydroxyl groups excluding tert-OH is 1. The van der Waals surface area contributed by atoms with E-state index in [-0.39, 0.29) is 0 Å². The van der Waals surface area contributed by atoms with Crippen LogP contribution in [0.5, 0.6) is 0 Å². The van der Waals surface area contributed by atoms with Gasteiger partial charge in [0.05, 0.1) is 16.9 Å². The van der Waals surface area contributed by atoms with Crippen LogP contribution in [0.25, 0.3) is 0 Å². The van der Waals surface area contributed by atoms with Gasteiger partial charge in [-0.2, -0.15) is 5.10 Å². The molecule has 0 amide bonds. The molecule has 4 nitrogen and oxygen atoms in total. The smallest absolute Gasteiger partial charge is 0.102 e. The van der Waals surface area contributed by atoms with E-state index in [1.54, 1.807) is 10.2 Å². The van der Waals surface area contributed by atoms with Gasteiger partial charge in [0.25, 0.3) is 0 Å². The molecule has 2 aromatic rings. The summed E-state index contributed by atoms with van der Waals surface area (Å²) in [4.78, 5) is 4.09. The molecule has 1 unspecified atom stereocenters. The summed E-state index contributed by atoms with van der Waals surface area (Å²) in [7, 11) is 1.89. The Morgan fingerprint density at radius 1 is 1.60 bits per heavy atom. The van der Waals surface area contributed by atoms with Gasteiger partial charge >= 0.3 is 0 Å². The zero-order chi connectivity index (χ0) is 10.8. The van der Waals surface area contributed by atoms with Gasteiger partial charge in [-0.1, -0.05) is 0 Å². The van der Waals surface area contributed by atoms with Crippen LogP contribution in [0.3, 0.4) is 0 Å². The quantitative estimate of drug-likeness (QED) is 0.857. The van der Waals surface area contributed by atoms with Gasteiger partial charge in [-0.05, 0) is 13.0 Å². The standard InChI is InChI=1S/C10H13N3OS/c1-7-3-8(13(2)12-7)4-10(14)9-5-15-6-11-9/h3,5-6,10,14H,4H2,1-2H3.